The molecule has 2 aromatic carbocycles. The fraction of sp³-hybridized carbons (Fsp3) is 0.200. The molecule has 0 saturated heterocycles. The van der Waals surface area contributed by atoms with Gasteiger partial charge in [-0.1, -0.05) is 49.4 Å². The second-order valence-corrected chi connectivity index (χ2v) is 5.89. The monoisotopic (exact) mass is 336 g/mol. The van der Waals surface area contributed by atoms with E-state index in [2.05, 4.69) is 34.4 Å². The second-order valence-electron chi connectivity index (χ2n) is 5.89. The van der Waals surface area contributed by atoms with E-state index in [1.165, 1.54) is 6.07 Å². The average Bonchev–Trinajstić information content (AvgIpc) is 2.64. The number of nitrogens with zero attached hydrogens (tertiary/aromatic N) is 2. The fourth-order valence-electron chi connectivity index (χ4n) is 2.36. The van der Waals surface area contributed by atoms with Gasteiger partial charge in [0, 0.05) is 17.7 Å². The molecule has 0 spiro atoms. The number of para-hydroxylation sites is 1. The Kier molecular flexibility index (Phi) is 5.23. The first kappa shape index (κ1) is 16.9. The molecule has 0 fully saturated rings. The van der Waals surface area contributed by atoms with Crippen LogP contribution in [0.5, 0.6) is 0 Å². The van der Waals surface area contributed by atoms with Crippen LogP contribution in [0.4, 0.5) is 21.8 Å². The summed E-state index contributed by atoms with van der Waals surface area (Å²) in [6.07, 6.45) is 0.953. The highest BCUT2D eigenvalue weighted by Gasteiger charge is 2.10. The minimum Gasteiger partial charge on any atom is -0.352 e. The van der Waals surface area contributed by atoms with Crippen molar-refractivity contribution in [3.05, 3.63) is 66.5 Å². The number of rotatable bonds is 6. The van der Waals surface area contributed by atoms with E-state index in [0.717, 1.165) is 17.7 Å². The molecule has 0 radical (unpaired) electrons. The Balaban J connectivity index is 1.99. The van der Waals surface area contributed by atoms with Crippen molar-refractivity contribution < 1.29 is 4.39 Å². The number of halogens is 1. The summed E-state index contributed by atoms with van der Waals surface area (Å²) in [5, 5.41) is 6.33. The topological polar surface area (TPSA) is 49.8 Å². The van der Waals surface area contributed by atoms with Gasteiger partial charge in [-0.15, -0.1) is 0 Å². The molecule has 3 aromatic rings. The summed E-state index contributed by atoms with van der Waals surface area (Å²) in [7, 11) is 0. The Bertz CT molecular complexity index is 836. The molecule has 0 saturated carbocycles. The number of benzene rings is 2. The Morgan fingerprint density at radius 3 is 2.44 bits per heavy atom. The van der Waals surface area contributed by atoms with Crippen molar-refractivity contribution in [3.63, 3.8) is 0 Å². The first-order valence-corrected chi connectivity index (χ1v) is 8.38. The van der Waals surface area contributed by atoms with E-state index in [-0.39, 0.29) is 11.9 Å². The molecule has 0 aliphatic rings. The summed E-state index contributed by atoms with van der Waals surface area (Å²) >= 11 is 0. The first-order chi connectivity index (χ1) is 12.2. The van der Waals surface area contributed by atoms with Gasteiger partial charge in [0.25, 0.3) is 0 Å². The van der Waals surface area contributed by atoms with Crippen LogP contribution in [-0.4, -0.2) is 16.0 Å². The zero-order chi connectivity index (χ0) is 17.6. The average molecular weight is 336 g/mol. The lowest BCUT2D eigenvalue weighted by Crippen LogP contribution is -2.16. The van der Waals surface area contributed by atoms with Crippen LogP contribution in [-0.2, 0) is 0 Å². The highest BCUT2D eigenvalue weighted by molar-refractivity contribution is 5.67. The summed E-state index contributed by atoms with van der Waals surface area (Å²) in [5.74, 6) is 0.748. The van der Waals surface area contributed by atoms with E-state index in [9.17, 15) is 4.39 Å². The van der Waals surface area contributed by atoms with Crippen molar-refractivity contribution in [1.82, 2.24) is 9.97 Å². The minimum absolute atomic E-state index is 0.243. The predicted molar refractivity (Wildman–Crippen MR) is 101 cm³/mol. The Labute approximate surface area is 147 Å². The summed E-state index contributed by atoms with van der Waals surface area (Å²) in [5.41, 5.74) is 2.14. The molecule has 0 aliphatic carbocycles. The molecule has 4 nitrogen and oxygen atoms in total. The maximum Gasteiger partial charge on any atom is 0.225 e. The van der Waals surface area contributed by atoms with Crippen molar-refractivity contribution in [2.24, 2.45) is 0 Å². The molecule has 5 heteroatoms. The molecule has 1 aromatic heterocycles. The van der Waals surface area contributed by atoms with Gasteiger partial charge in [-0.25, -0.2) is 9.37 Å². The highest BCUT2D eigenvalue weighted by Crippen LogP contribution is 2.25. The standard InChI is InChI=1S/C20H21FN4/c1-3-14(2)22-20-24-18(15-9-5-4-6-10-15)13-19(25-20)23-17-12-8-7-11-16(17)21/h4-14H,3H2,1-2H3,(H2,22,23,24,25)/t14-/m0/s1. The smallest absolute Gasteiger partial charge is 0.225 e. The number of nitrogens with one attached hydrogen (secondary N) is 2. The molecule has 0 bridgehead atoms. The lowest BCUT2D eigenvalue weighted by molar-refractivity contribution is 0.632. The van der Waals surface area contributed by atoms with Crippen LogP contribution in [0.2, 0.25) is 0 Å². The maximum absolute atomic E-state index is 13.9. The number of hydrogen-bond acceptors (Lipinski definition) is 4. The van der Waals surface area contributed by atoms with Crippen LogP contribution in [0.1, 0.15) is 20.3 Å². The Hall–Kier alpha value is -2.95. The minimum atomic E-state index is -0.321. The van der Waals surface area contributed by atoms with Gasteiger partial charge in [0.1, 0.15) is 11.6 Å². The SMILES string of the molecule is CC[C@H](C)Nc1nc(Nc2ccccc2F)cc(-c2ccccc2)n1. The van der Waals surface area contributed by atoms with E-state index < -0.39 is 0 Å². The second kappa shape index (κ2) is 7.75. The summed E-state index contributed by atoms with van der Waals surface area (Å²) in [6.45, 7) is 4.17. The number of anilines is 3. The molecular weight excluding hydrogens is 315 g/mol. The van der Waals surface area contributed by atoms with Crippen molar-refractivity contribution in [3.8, 4) is 11.3 Å². The van der Waals surface area contributed by atoms with E-state index in [4.69, 9.17) is 0 Å². The lowest BCUT2D eigenvalue weighted by atomic mass is 10.1. The molecule has 0 amide bonds. The van der Waals surface area contributed by atoms with Crippen LogP contribution in [0.3, 0.4) is 0 Å². The van der Waals surface area contributed by atoms with E-state index in [1.54, 1.807) is 18.2 Å². The number of aromatic nitrogens is 2. The van der Waals surface area contributed by atoms with Crippen LogP contribution in [0, 0.1) is 5.82 Å². The van der Waals surface area contributed by atoms with E-state index in [1.807, 2.05) is 36.4 Å². The molecule has 0 unspecified atom stereocenters. The van der Waals surface area contributed by atoms with Gasteiger partial charge >= 0.3 is 0 Å². The molecule has 3 rings (SSSR count). The molecule has 0 aliphatic heterocycles. The quantitative estimate of drug-likeness (QED) is 0.646. The summed E-state index contributed by atoms with van der Waals surface area (Å²) in [4.78, 5) is 9.08. The van der Waals surface area contributed by atoms with Crippen LogP contribution >= 0.6 is 0 Å². The van der Waals surface area contributed by atoms with Gasteiger partial charge in [-0.2, -0.15) is 4.98 Å². The molecule has 1 heterocycles. The van der Waals surface area contributed by atoms with Gasteiger partial charge in [0.2, 0.25) is 5.95 Å². The molecule has 128 valence electrons. The molecule has 25 heavy (non-hydrogen) atoms. The third kappa shape index (κ3) is 4.32. The Morgan fingerprint density at radius 1 is 1.00 bits per heavy atom. The van der Waals surface area contributed by atoms with Crippen molar-refractivity contribution in [2.75, 3.05) is 10.6 Å². The van der Waals surface area contributed by atoms with Crippen molar-refractivity contribution in [2.45, 2.75) is 26.3 Å². The lowest BCUT2D eigenvalue weighted by Gasteiger charge is -2.15. The van der Waals surface area contributed by atoms with Gasteiger partial charge in [0.15, 0.2) is 0 Å². The van der Waals surface area contributed by atoms with Gasteiger partial charge in [-0.05, 0) is 25.5 Å². The normalized spacial score (nSPS) is 11.8. The number of hydrogen-bond donors (Lipinski definition) is 2. The third-order valence-electron chi connectivity index (χ3n) is 3.92. The van der Waals surface area contributed by atoms with Crippen LogP contribution in [0.15, 0.2) is 60.7 Å². The van der Waals surface area contributed by atoms with E-state index >= 15 is 0 Å². The first-order valence-electron chi connectivity index (χ1n) is 8.38. The summed E-state index contributed by atoms with van der Waals surface area (Å²) in [6, 6.07) is 18.5. The predicted octanol–water partition coefficient (Wildman–Crippen LogP) is 5.24. The largest absolute Gasteiger partial charge is 0.352 e. The van der Waals surface area contributed by atoms with Crippen molar-refractivity contribution in [1.29, 1.82) is 0 Å². The molecule has 2 N–H and O–H groups in total. The maximum atomic E-state index is 13.9. The van der Waals surface area contributed by atoms with Gasteiger partial charge < -0.3 is 10.6 Å². The van der Waals surface area contributed by atoms with Gasteiger partial charge in [0.05, 0.1) is 11.4 Å². The summed E-state index contributed by atoms with van der Waals surface area (Å²) < 4.78 is 13.9. The highest BCUT2D eigenvalue weighted by atomic mass is 19.1. The molecular formula is C20H21FN4. The molecule has 1 atom stereocenters. The third-order valence-corrected chi connectivity index (χ3v) is 3.92. The zero-order valence-corrected chi connectivity index (χ0v) is 14.3. The van der Waals surface area contributed by atoms with Crippen LogP contribution < -0.4 is 10.6 Å². The van der Waals surface area contributed by atoms with E-state index in [0.29, 0.717) is 17.5 Å². The van der Waals surface area contributed by atoms with Gasteiger partial charge in [-0.3, -0.25) is 0 Å². The van der Waals surface area contributed by atoms with Crippen LogP contribution in [0.25, 0.3) is 11.3 Å². The Morgan fingerprint density at radius 2 is 1.72 bits per heavy atom. The zero-order valence-electron chi connectivity index (χ0n) is 14.3. The fourth-order valence-corrected chi connectivity index (χ4v) is 2.36. The van der Waals surface area contributed by atoms with Crippen molar-refractivity contribution >= 4 is 17.5 Å².